The first-order chi connectivity index (χ1) is 12.9. The van der Waals surface area contributed by atoms with Crippen LogP contribution in [0.5, 0.6) is 0 Å². The summed E-state index contributed by atoms with van der Waals surface area (Å²) in [5.74, 6) is 0. The second-order valence-electron chi connectivity index (χ2n) is 8.91. The minimum Gasteiger partial charge on any atom is -0.444 e. The molecular formula is C20H29NO6S. The molecule has 2 saturated heterocycles. The van der Waals surface area contributed by atoms with Crippen LogP contribution in [0.15, 0.2) is 29.2 Å². The number of hydrogen-bond donors (Lipinski definition) is 1. The van der Waals surface area contributed by atoms with E-state index < -0.39 is 33.0 Å². The smallest absolute Gasteiger partial charge is 0.408 e. The molecule has 2 bridgehead atoms. The van der Waals surface area contributed by atoms with Crippen LogP contribution in [0, 0.1) is 6.92 Å². The first kappa shape index (κ1) is 21.1. The second-order valence-corrected chi connectivity index (χ2v) is 10.5. The third kappa shape index (κ3) is 4.85. The predicted molar refractivity (Wildman–Crippen MR) is 104 cm³/mol. The number of nitrogens with one attached hydrogen (secondary N) is 1. The number of benzene rings is 1. The molecule has 4 rings (SSSR count). The van der Waals surface area contributed by atoms with Gasteiger partial charge in [0.25, 0.3) is 10.1 Å². The van der Waals surface area contributed by atoms with Gasteiger partial charge in [-0.25, -0.2) is 4.79 Å². The Morgan fingerprint density at radius 3 is 2.25 bits per heavy atom. The summed E-state index contributed by atoms with van der Waals surface area (Å²) in [6, 6.07) is 6.56. The molecule has 3 fully saturated rings. The van der Waals surface area contributed by atoms with Crippen LogP contribution < -0.4 is 5.32 Å². The molecule has 3 aliphatic rings. The summed E-state index contributed by atoms with van der Waals surface area (Å²) in [6.45, 7) is 7.65. The van der Waals surface area contributed by atoms with Gasteiger partial charge in [-0.2, -0.15) is 8.42 Å². The standard InChI is InChI=1S/C20H29NO6S/c1-15-5-7-16(8-6-15)28(23,24)26-14-20-11-9-19(10-12-20,13-25-20)21-17(22)27-18(2,3)4/h5-8H,9-14H2,1-4H3,(H,21,22). The van der Waals surface area contributed by atoms with Crippen molar-refractivity contribution < 1.29 is 26.9 Å². The molecule has 156 valence electrons. The van der Waals surface area contributed by atoms with Crippen LogP contribution in [0.4, 0.5) is 4.79 Å². The molecule has 2 aliphatic heterocycles. The van der Waals surface area contributed by atoms with E-state index in [1.54, 1.807) is 24.3 Å². The molecule has 7 nitrogen and oxygen atoms in total. The number of carbonyl (C=O) groups excluding carboxylic acids is 1. The van der Waals surface area contributed by atoms with Crippen LogP contribution in [-0.2, 0) is 23.8 Å². The summed E-state index contributed by atoms with van der Waals surface area (Å²) in [7, 11) is -3.83. The number of fused-ring (bicyclic) bond motifs is 3. The summed E-state index contributed by atoms with van der Waals surface area (Å²) >= 11 is 0. The zero-order valence-electron chi connectivity index (χ0n) is 16.9. The molecule has 0 unspecified atom stereocenters. The maximum atomic E-state index is 12.4. The van der Waals surface area contributed by atoms with E-state index >= 15 is 0 Å². The Bertz CT molecular complexity index is 801. The summed E-state index contributed by atoms with van der Waals surface area (Å²) in [6.07, 6.45) is 2.17. The largest absolute Gasteiger partial charge is 0.444 e. The third-order valence-electron chi connectivity index (χ3n) is 5.33. The average molecular weight is 412 g/mol. The Labute approximate surface area is 166 Å². The van der Waals surface area contributed by atoms with Crippen molar-refractivity contribution in [1.29, 1.82) is 0 Å². The molecule has 2 heterocycles. The minimum atomic E-state index is -3.83. The monoisotopic (exact) mass is 411 g/mol. The molecule has 0 atom stereocenters. The van der Waals surface area contributed by atoms with Gasteiger partial charge in [0.15, 0.2) is 0 Å². The Balaban J connectivity index is 1.58. The van der Waals surface area contributed by atoms with Crippen LogP contribution >= 0.6 is 0 Å². The molecule has 1 saturated carbocycles. The van der Waals surface area contributed by atoms with E-state index in [-0.39, 0.29) is 11.5 Å². The van der Waals surface area contributed by atoms with E-state index in [2.05, 4.69) is 5.32 Å². The summed E-state index contributed by atoms with van der Waals surface area (Å²) in [4.78, 5) is 12.3. The zero-order valence-corrected chi connectivity index (χ0v) is 17.7. The number of carbonyl (C=O) groups is 1. The number of amides is 1. The molecular weight excluding hydrogens is 382 g/mol. The highest BCUT2D eigenvalue weighted by Gasteiger charge is 2.51. The molecule has 1 aromatic carbocycles. The maximum absolute atomic E-state index is 12.4. The van der Waals surface area contributed by atoms with Crippen molar-refractivity contribution in [3.05, 3.63) is 29.8 Å². The van der Waals surface area contributed by atoms with E-state index in [0.29, 0.717) is 32.3 Å². The van der Waals surface area contributed by atoms with Crippen molar-refractivity contribution in [2.75, 3.05) is 13.2 Å². The van der Waals surface area contributed by atoms with E-state index in [1.807, 2.05) is 27.7 Å². The predicted octanol–water partition coefficient (Wildman–Crippen LogP) is 3.31. The van der Waals surface area contributed by atoms with E-state index in [9.17, 15) is 13.2 Å². The zero-order chi connectivity index (χ0) is 20.6. The van der Waals surface area contributed by atoms with Crippen molar-refractivity contribution in [3.63, 3.8) is 0 Å². The Kier molecular flexibility index (Phi) is 5.51. The Hall–Kier alpha value is -1.64. The third-order valence-corrected chi connectivity index (χ3v) is 6.60. The lowest BCUT2D eigenvalue weighted by Gasteiger charge is -2.52. The van der Waals surface area contributed by atoms with Crippen molar-refractivity contribution in [2.45, 2.75) is 75.0 Å². The number of alkyl carbamates (subject to hydrolysis) is 1. The molecule has 0 radical (unpaired) electrons. The molecule has 8 heteroatoms. The van der Waals surface area contributed by atoms with E-state index in [1.165, 1.54) is 0 Å². The number of ether oxygens (including phenoxy) is 2. The van der Waals surface area contributed by atoms with Gasteiger partial charge in [-0.05, 0) is 65.5 Å². The molecule has 1 aliphatic carbocycles. The van der Waals surface area contributed by atoms with Gasteiger partial charge in [0.1, 0.15) is 5.60 Å². The fourth-order valence-electron chi connectivity index (χ4n) is 3.59. The Morgan fingerprint density at radius 1 is 1.14 bits per heavy atom. The average Bonchev–Trinajstić information content (AvgIpc) is 2.60. The lowest BCUT2D eigenvalue weighted by molar-refractivity contribution is -0.174. The number of hydrogen-bond acceptors (Lipinski definition) is 6. The van der Waals surface area contributed by atoms with E-state index in [4.69, 9.17) is 13.7 Å². The molecule has 1 amide bonds. The highest BCUT2D eigenvalue weighted by Crippen LogP contribution is 2.44. The van der Waals surface area contributed by atoms with Crippen LogP contribution in [0.3, 0.4) is 0 Å². The first-order valence-electron chi connectivity index (χ1n) is 9.54. The van der Waals surface area contributed by atoms with Crippen molar-refractivity contribution in [2.24, 2.45) is 0 Å². The molecule has 1 aromatic rings. The lowest BCUT2D eigenvalue weighted by Crippen LogP contribution is -2.64. The van der Waals surface area contributed by atoms with Gasteiger partial charge in [-0.15, -0.1) is 0 Å². The second kappa shape index (κ2) is 7.31. The molecule has 0 spiro atoms. The molecule has 28 heavy (non-hydrogen) atoms. The SMILES string of the molecule is Cc1ccc(S(=O)(=O)OCC23CCC(NC(=O)OC(C)(C)C)(CC2)CO3)cc1. The lowest BCUT2D eigenvalue weighted by atomic mass is 9.71. The summed E-state index contributed by atoms with van der Waals surface area (Å²) in [5, 5.41) is 2.95. The molecule has 0 aromatic heterocycles. The van der Waals surface area contributed by atoms with Crippen molar-refractivity contribution >= 4 is 16.2 Å². The topological polar surface area (TPSA) is 90.9 Å². The van der Waals surface area contributed by atoms with Gasteiger partial charge < -0.3 is 14.8 Å². The van der Waals surface area contributed by atoms with E-state index in [0.717, 1.165) is 5.56 Å². The minimum absolute atomic E-state index is 0.0221. The number of rotatable bonds is 5. The van der Waals surface area contributed by atoms with Crippen molar-refractivity contribution in [3.8, 4) is 0 Å². The van der Waals surface area contributed by atoms with Gasteiger partial charge in [0.05, 0.1) is 29.2 Å². The van der Waals surface area contributed by atoms with Gasteiger partial charge in [0.2, 0.25) is 0 Å². The fraction of sp³-hybridized carbons (Fsp3) is 0.650. The highest BCUT2D eigenvalue weighted by atomic mass is 32.2. The normalized spacial score (nSPS) is 27.4. The van der Waals surface area contributed by atoms with Gasteiger partial charge >= 0.3 is 6.09 Å². The number of aryl methyl sites for hydroxylation is 1. The van der Waals surface area contributed by atoms with Crippen LogP contribution in [0.1, 0.15) is 52.0 Å². The Morgan fingerprint density at radius 2 is 1.75 bits per heavy atom. The summed E-state index contributed by atoms with van der Waals surface area (Å²) < 4.78 is 41.6. The maximum Gasteiger partial charge on any atom is 0.408 e. The first-order valence-corrected chi connectivity index (χ1v) is 10.9. The van der Waals surface area contributed by atoms with Crippen LogP contribution in [0.2, 0.25) is 0 Å². The summed E-state index contributed by atoms with van der Waals surface area (Å²) in [5.41, 5.74) is -0.670. The van der Waals surface area contributed by atoms with Crippen molar-refractivity contribution in [1.82, 2.24) is 5.32 Å². The van der Waals surface area contributed by atoms with Crippen LogP contribution in [-0.4, -0.2) is 44.5 Å². The van der Waals surface area contributed by atoms with Gasteiger partial charge in [-0.3, -0.25) is 4.18 Å². The van der Waals surface area contributed by atoms with Crippen LogP contribution in [0.25, 0.3) is 0 Å². The fourth-order valence-corrected chi connectivity index (χ4v) is 4.56. The molecule has 1 N–H and O–H groups in total. The van der Waals surface area contributed by atoms with Gasteiger partial charge in [0, 0.05) is 0 Å². The highest BCUT2D eigenvalue weighted by molar-refractivity contribution is 7.86. The quantitative estimate of drug-likeness (QED) is 0.748. The van der Waals surface area contributed by atoms with Gasteiger partial charge in [-0.1, -0.05) is 17.7 Å².